The Morgan fingerprint density at radius 1 is 1.11 bits per heavy atom. The Bertz CT molecular complexity index is 1060. The minimum absolute atomic E-state index is 0.0897. The molecule has 0 amide bonds. The van der Waals surface area contributed by atoms with Crippen LogP contribution in [0.15, 0.2) is 23.8 Å². The minimum atomic E-state index is -2.88. The Morgan fingerprint density at radius 2 is 1.73 bits per heavy atom. The number of hydrogen-bond acceptors (Lipinski definition) is 8. The van der Waals surface area contributed by atoms with E-state index in [1.807, 2.05) is 0 Å². The number of aliphatic hydroxyl groups is 6. The predicted molar refractivity (Wildman–Crippen MR) is 127 cm³/mol. The molecule has 0 aliphatic heterocycles. The van der Waals surface area contributed by atoms with Crippen molar-refractivity contribution in [1.29, 1.82) is 0 Å². The minimum Gasteiger partial charge on any atom is -0.390 e. The number of carbonyl (C=O) groups is 2. The van der Waals surface area contributed by atoms with Gasteiger partial charge in [0, 0.05) is 17.3 Å². The van der Waals surface area contributed by atoms with Crippen molar-refractivity contribution >= 4 is 11.6 Å². The summed E-state index contributed by atoms with van der Waals surface area (Å²) in [6.45, 7) is 4.51. The molecule has 0 radical (unpaired) electrons. The van der Waals surface area contributed by atoms with E-state index in [9.17, 15) is 40.2 Å². The van der Waals surface area contributed by atoms with Crippen LogP contribution < -0.4 is 0 Å². The van der Waals surface area contributed by atoms with Crippen molar-refractivity contribution in [2.24, 2.45) is 34.0 Å². The van der Waals surface area contributed by atoms with E-state index in [4.69, 9.17) is 0 Å². The summed E-state index contributed by atoms with van der Waals surface area (Å²) in [6, 6.07) is 0. The zero-order chi connectivity index (χ0) is 28.0. The van der Waals surface area contributed by atoms with E-state index in [0.29, 0.717) is 0 Å². The highest BCUT2D eigenvalue weighted by atomic mass is 19.1. The quantitative estimate of drug-likeness (QED) is 0.282. The van der Waals surface area contributed by atoms with Gasteiger partial charge in [0.2, 0.25) is 0 Å². The molecule has 0 aromatic rings. The van der Waals surface area contributed by atoms with E-state index in [-0.39, 0.29) is 18.4 Å². The second kappa shape index (κ2) is 8.47. The lowest BCUT2D eigenvalue weighted by Gasteiger charge is -2.64. The molecule has 37 heavy (non-hydrogen) atoms. The maximum atomic E-state index is 17.5. The van der Waals surface area contributed by atoms with Gasteiger partial charge in [0.25, 0.3) is 0 Å². The summed E-state index contributed by atoms with van der Waals surface area (Å²) in [5.41, 5.74) is -8.39. The molecule has 8 nitrogen and oxygen atoms in total. The van der Waals surface area contributed by atoms with Gasteiger partial charge in [0.1, 0.15) is 12.8 Å². The molecule has 6 N–H and O–H groups in total. The van der Waals surface area contributed by atoms with Crippen LogP contribution in [0.1, 0.15) is 59.8 Å². The Morgan fingerprint density at radius 3 is 2.27 bits per heavy atom. The van der Waals surface area contributed by atoms with Gasteiger partial charge in [-0.05, 0) is 68.1 Å². The first-order valence-electron chi connectivity index (χ1n) is 13.0. The lowest BCUT2D eigenvalue weighted by Crippen LogP contribution is -2.73. The number of rotatable bonds is 6. The Kier molecular flexibility index (Phi) is 6.51. The van der Waals surface area contributed by atoms with Crippen molar-refractivity contribution in [3.63, 3.8) is 0 Å². The average molecular weight is 529 g/mol. The highest BCUT2D eigenvalue weighted by Gasteiger charge is 2.82. The van der Waals surface area contributed by atoms with Crippen LogP contribution in [0.3, 0.4) is 0 Å². The largest absolute Gasteiger partial charge is 0.390 e. The first-order valence-corrected chi connectivity index (χ1v) is 13.0. The van der Waals surface area contributed by atoms with Crippen molar-refractivity contribution < 1.29 is 49.0 Å². The highest BCUT2D eigenvalue weighted by molar-refractivity contribution is 6.01. The summed E-state index contributed by atoms with van der Waals surface area (Å²) in [5.74, 6) is -10.9. The van der Waals surface area contributed by atoms with Gasteiger partial charge in [-0.15, -0.1) is 0 Å². The fraction of sp³-hybridized carbons (Fsp3) is 0.778. The van der Waals surface area contributed by atoms with E-state index in [2.05, 4.69) is 0 Å². The van der Waals surface area contributed by atoms with Gasteiger partial charge in [-0.25, -0.2) is 8.78 Å². The molecule has 4 rings (SSSR count). The molecule has 0 saturated heterocycles. The van der Waals surface area contributed by atoms with Crippen LogP contribution in [0.2, 0.25) is 0 Å². The summed E-state index contributed by atoms with van der Waals surface area (Å²) in [4.78, 5) is 25.6. The van der Waals surface area contributed by atoms with E-state index in [0.717, 1.165) is 12.2 Å². The third kappa shape index (κ3) is 3.20. The second-order valence-corrected chi connectivity index (χ2v) is 11.9. The van der Waals surface area contributed by atoms with Crippen molar-refractivity contribution in [2.45, 2.75) is 89.3 Å². The topological polar surface area (TPSA) is 156 Å². The number of aliphatic hydroxyl groups excluding tert-OH is 2. The van der Waals surface area contributed by atoms with Crippen molar-refractivity contribution in [1.82, 2.24) is 0 Å². The fourth-order valence-corrected chi connectivity index (χ4v) is 8.93. The molecular formula is C27H38F2O8. The third-order valence-corrected chi connectivity index (χ3v) is 10.7. The van der Waals surface area contributed by atoms with Gasteiger partial charge < -0.3 is 30.6 Å². The lowest BCUT2D eigenvalue weighted by atomic mass is 9.41. The van der Waals surface area contributed by atoms with E-state index >= 15 is 8.78 Å². The van der Waals surface area contributed by atoms with Gasteiger partial charge in [-0.1, -0.05) is 26.8 Å². The summed E-state index contributed by atoms with van der Waals surface area (Å²) >= 11 is 0. The second-order valence-electron chi connectivity index (χ2n) is 11.9. The lowest BCUT2D eigenvalue weighted by molar-refractivity contribution is -0.325. The summed E-state index contributed by atoms with van der Waals surface area (Å²) < 4.78 is 33.1. The van der Waals surface area contributed by atoms with Gasteiger partial charge in [0.15, 0.2) is 28.8 Å². The number of ketones is 2. The van der Waals surface area contributed by atoms with E-state index < -0.39 is 101 Å². The standard InChI is InChI=1S/C27H38F2O8/c1-5-24(34,35)19-11-15-16-10-18(28)17-9-14(31)7-8-22(17,3)27(16,29)20(32)12-23(15,4)26(19,21(33)13-30)25(36,37)6-2/h7-9,15-16,18-20,30,32,34-37H,5-6,10-13H2,1-4H3/t15-,16-,18?,19?,20?,22-,23-,26-,27-/m0/s1. The van der Waals surface area contributed by atoms with Crippen molar-refractivity contribution in [2.75, 3.05) is 6.61 Å². The smallest absolute Gasteiger partial charge is 0.178 e. The predicted octanol–water partition coefficient (Wildman–Crippen LogP) is 1.26. The molecule has 0 heterocycles. The van der Waals surface area contributed by atoms with Crippen molar-refractivity contribution in [3.8, 4) is 0 Å². The number of halogens is 2. The first kappa shape index (κ1) is 28.4. The van der Waals surface area contributed by atoms with E-state index in [1.54, 1.807) is 0 Å². The van der Waals surface area contributed by atoms with Crippen LogP contribution in [-0.2, 0) is 9.59 Å². The Balaban J connectivity index is 2.01. The molecule has 10 heteroatoms. The SMILES string of the molecule is CCC(O)(O)C1C[C@H]2[C@@H]3CC(F)C4=CC(=O)C=C[C@]4(C)[C@@]3(F)C(O)C[C@]2(C)[C@]1(C(=O)CO)C(O)(O)CC. The number of allylic oxidation sites excluding steroid dienone is 4. The van der Waals surface area contributed by atoms with Gasteiger partial charge in [-0.3, -0.25) is 9.59 Å². The molecule has 4 aliphatic carbocycles. The third-order valence-electron chi connectivity index (χ3n) is 10.7. The van der Waals surface area contributed by atoms with Crippen LogP contribution in [-0.4, -0.2) is 78.3 Å². The molecule has 0 aromatic carbocycles. The first-order chi connectivity index (χ1) is 17.0. The number of hydrogen-bond donors (Lipinski definition) is 6. The Hall–Kier alpha value is -1.56. The van der Waals surface area contributed by atoms with Gasteiger partial charge >= 0.3 is 0 Å². The summed E-state index contributed by atoms with van der Waals surface area (Å²) in [5, 5.41) is 66.4. The zero-order valence-electron chi connectivity index (χ0n) is 21.6. The molecule has 3 unspecified atom stereocenters. The number of alkyl halides is 2. The molecule has 3 saturated carbocycles. The molecule has 9 atom stereocenters. The zero-order valence-corrected chi connectivity index (χ0v) is 21.6. The average Bonchev–Trinajstić information content (AvgIpc) is 3.12. The number of carbonyl (C=O) groups excluding carboxylic acids is 2. The molecule has 4 aliphatic rings. The van der Waals surface area contributed by atoms with Crippen LogP contribution in [0.25, 0.3) is 0 Å². The monoisotopic (exact) mass is 528 g/mol. The fourth-order valence-electron chi connectivity index (χ4n) is 8.93. The Labute approximate surface area is 214 Å². The molecular weight excluding hydrogens is 490 g/mol. The maximum Gasteiger partial charge on any atom is 0.178 e. The normalized spacial score (nSPS) is 45.7. The van der Waals surface area contributed by atoms with Gasteiger partial charge in [-0.2, -0.15) is 0 Å². The summed E-state index contributed by atoms with van der Waals surface area (Å²) in [7, 11) is 0. The van der Waals surface area contributed by atoms with E-state index in [1.165, 1.54) is 33.8 Å². The van der Waals surface area contributed by atoms with Crippen LogP contribution >= 0.6 is 0 Å². The molecule has 3 fully saturated rings. The molecule has 0 bridgehead atoms. The highest BCUT2D eigenvalue weighted by Crippen LogP contribution is 2.76. The van der Waals surface area contributed by atoms with Crippen LogP contribution in [0.4, 0.5) is 8.78 Å². The summed E-state index contributed by atoms with van der Waals surface area (Å²) in [6.07, 6.45) is -2.19. The van der Waals surface area contributed by atoms with Crippen molar-refractivity contribution in [3.05, 3.63) is 23.8 Å². The number of fused-ring (bicyclic) bond motifs is 5. The van der Waals surface area contributed by atoms with Crippen LogP contribution in [0.5, 0.6) is 0 Å². The van der Waals surface area contributed by atoms with Crippen LogP contribution in [0, 0.1) is 34.0 Å². The molecule has 0 aromatic heterocycles. The number of Topliss-reactive ketones (excluding diaryl/α,β-unsaturated/α-hetero) is 1. The maximum absolute atomic E-state index is 17.5. The molecule has 208 valence electrons. The van der Waals surface area contributed by atoms with Gasteiger partial charge in [0.05, 0.1) is 11.5 Å². The molecule has 0 spiro atoms.